The molecule has 11 heteroatoms. The monoisotopic (exact) mass is 494 g/mol. The zero-order chi connectivity index (χ0) is 20.5. The number of nitrogens with two attached hydrogens (primary N) is 1. The van der Waals surface area contributed by atoms with Crippen LogP contribution in [0.5, 0.6) is 0 Å². The number of halogens is 4. The molecule has 0 saturated carbocycles. The Morgan fingerprint density at radius 1 is 1.27 bits per heavy atom. The van der Waals surface area contributed by atoms with E-state index < -0.39 is 15.9 Å². The number of allylic oxidation sites excluding steroid dienone is 1. The van der Waals surface area contributed by atoms with E-state index in [0.29, 0.717) is 16.3 Å². The zero-order valence-electron chi connectivity index (χ0n) is 16.2. The Labute approximate surface area is 192 Å². The van der Waals surface area contributed by atoms with E-state index in [4.69, 9.17) is 17.3 Å². The lowest BCUT2D eigenvalue weighted by Crippen LogP contribution is -2.22. The summed E-state index contributed by atoms with van der Waals surface area (Å²) in [5, 5.41) is 1.07. The first-order valence-corrected chi connectivity index (χ1v) is 10.3. The van der Waals surface area contributed by atoms with Gasteiger partial charge in [-0.05, 0) is 18.2 Å². The summed E-state index contributed by atoms with van der Waals surface area (Å²) in [6, 6.07) is 8.87. The highest BCUT2D eigenvalue weighted by Crippen LogP contribution is 2.39. The molecule has 0 aliphatic heterocycles. The third-order valence-corrected chi connectivity index (χ3v) is 6.51. The Morgan fingerprint density at radius 2 is 1.93 bits per heavy atom. The maximum atomic E-state index is 14.1. The van der Waals surface area contributed by atoms with Gasteiger partial charge in [0.15, 0.2) is 0 Å². The molecule has 1 aromatic carbocycles. The summed E-state index contributed by atoms with van der Waals surface area (Å²) in [6.45, 7) is 0.0174. The molecule has 0 radical (unpaired) electrons. The van der Waals surface area contributed by atoms with Crippen LogP contribution in [-0.2, 0) is 16.6 Å². The van der Waals surface area contributed by atoms with Gasteiger partial charge in [-0.25, -0.2) is 17.1 Å². The van der Waals surface area contributed by atoms with Crippen molar-refractivity contribution in [3.63, 3.8) is 0 Å². The topological polar surface area (TPSA) is 81.2 Å². The van der Waals surface area contributed by atoms with Gasteiger partial charge in [-0.15, -0.1) is 24.8 Å². The molecule has 2 N–H and O–H groups in total. The highest BCUT2D eigenvalue weighted by atomic mass is 35.5. The highest BCUT2D eigenvalue weighted by Gasteiger charge is 2.22. The predicted molar refractivity (Wildman–Crippen MR) is 124 cm³/mol. The van der Waals surface area contributed by atoms with E-state index in [2.05, 4.69) is 4.98 Å². The van der Waals surface area contributed by atoms with Gasteiger partial charge in [-0.1, -0.05) is 29.8 Å². The van der Waals surface area contributed by atoms with E-state index >= 15 is 0 Å². The first-order valence-electron chi connectivity index (χ1n) is 8.46. The van der Waals surface area contributed by atoms with Gasteiger partial charge in [0.05, 0.1) is 12.1 Å². The van der Waals surface area contributed by atoms with Crippen LogP contribution in [0, 0.1) is 0 Å². The molecule has 0 amide bonds. The molecule has 3 rings (SSSR count). The van der Waals surface area contributed by atoms with Crippen molar-refractivity contribution in [2.75, 3.05) is 20.6 Å². The second-order valence-corrected chi connectivity index (χ2v) is 8.86. The van der Waals surface area contributed by atoms with Crippen LogP contribution in [-0.4, -0.2) is 42.9 Å². The number of hydrogen-bond donors (Lipinski definition) is 1. The Morgan fingerprint density at radius 3 is 2.57 bits per heavy atom. The Balaban J connectivity index is 0.00000225. The molecule has 2 aromatic heterocycles. The molecule has 0 fully saturated rings. The van der Waals surface area contributed by atoms with Crippen molar-refractivity contribution in [3.8, 4) is 11.1 Å². The minimum absolute atomic E-state index is 0. The number of nitrogens with zero attached hydrogens (tertiary/aromatic N) is 3. The summed E-state index contributed by atoms with van der Waals surface area (Å²) in [4.78, 5) is 4.13. The van der Waals surface area contributed by atoms with Crippen molar-refractivity contribution < 1.29 is 12.8 Å². The van der Waals surface area contributed by atoms with Crippen LogP contribution in [0.25, 0.3) is 22.0 Å². The molecular weight excluding hydrogens is 474 g/mol. The molecule has 0 saturated heterocycles. The van der Waals surface area contributed by atoms with E-state index in [9.17, 15) is 12.8 Å². The summed E-state index contributed by atoms with van der Waals surface area (Å²) in [6.07, 6.45) is 4.12. The second kappa shape index (κ2) is 10.6. The Bertz CT molecular complexity index is 1160. The van der Waals surface area contributed by atoms with E-state index in [1.165, 1.54) is 32.4 Å². The molecular formula is C19H22Cl3FN4O2S. The SMILES string of the molecule is CN(C)S(=O)(=O)c1cncc(-c2c(Cl)n(C/C(F)=C/CN)c3ccccc23)c1.Cl.Cl. The number of fused-ring (bicyclic) bond motifs is 1. The van der Waals surface area contributed by atoms with E-state index in [-0.39, 0.29) is 42.8 Å². The van der Waals surface area contributed by atoms with Gasteiger partial charge in [0, 0.05) is 49.5 Å². The Kier molecular flexibility index (Phi) is 9.28. The fourth-order valence-electron chi connectivity index (χ4n) is 2.95. The van der Waals surface area contributed by atoms with Crippen LogP contribution in [0.3, 0.4) is 0 Å². The lowest BCUT2D eigenvalue weighted by Gasteiger charge is -2.12. The third-order valence-electron chi connectivity index (χ3n) is 4.34. The molecule has 164 valence electrons. The second-order valence-electron chi connectivity index (χ2n) is 6.35. The van der Waals surface area contributed by atoms with Crippen LogP contribution in [0.2, 0.25) is 5.15 Å². The molecule has 0 spiro atoms. The van der Waals surface area contributed by atoms with Crippen molar-refractivity contribution in [2.24, 2.45) is 5.73 Å². The van der Waals surface area contributed by atoms with E-state index in [1.807, 2.05) is 24.3 Å². The molecule has 0 atom stereocenters. The average molecular weight is 496 g/mol. The molecule has 6 nitrogen and oxygen atoms in total. The molecule has 30 heavy (non-hydrogen) atoms. The van der Waals surface area contributed by atoms with Crippen molar-refractivity contribution >= 4 is 57.3 Å². The summed E-state index contributed by atoms with van der Waals surface area (Å²) < 4.78 is 41.8. The Hall–Kier alpha value is -1.68. The van der Waals surface area contributed by atoms with Gasteiger partial charge in [-0.3, -0.25) is 4.98 Å². The number of benzene rings is 1. The summed E-state index contributed by atoms with van der Waals surface area (Å²) in [7, 11) is -0.752. The first-order chi connectivity index (χ1) is 13.3. The van der Waals surface area contributed by atoms with Crippen LogP contribution in [0.1, 0.15) is 0 Å². The van der Waals surface area contributed by atoms with Gasteiger partial charge in [-0.2, -0.15) is 0 Å². The third kappa shape index (κ3) is 4.96. The molecule has 0 unspecified atom stereocenters. The predicted octanol–water partition coefficient (Wildman–Crippen LogP) is 4.26. The van der Waals surface area contributed by atoms with Crippen molar-refractivity contribution in [1.82, 2.24) is 13.9 Å². The van der Waals surface area contributed by atoms with E-state index in [0.717, 1.165) is 15.2 Å². The number of para-hydroxylation sites is 1. The normalized spacial score (nSPS) is 12.0. The number of sulfonamides is 1. The highest BCUT2D eigenvalue weighted by molar-refractivity contribution is 7.89. The summed E-state index contributed by atoms with van der Waals surface area (Å²) in [5.41, 5.74) is 7.24. The number of aromatic nitrogens is 2. The van der Waals surface area contributed by atoms with Crippen molar-refractivity contribution in [2.45, 2.75) is 11.4 Å². The van der Waals surface area contributed by atoms with Crippen LogP contribution >= 0.6 is 36.4 Å². The van der Waals surface area contributed by atoms with Gasteiger partial charge in [0.1, 0.15) is 15.9 Å². The van der Waals surface area contributed by atoms with Gasteiger partial charge in [0.2, 0.25) is 10.0 Å². The minimum Gasteiger partial charge on any atom is -0.327 e. The maximum absolute atomic E-state index is 14.1. The van der Waals surface area contributed by atoms with Crippen LogP contribution in [0.4, 0.5) is 4.39 Å². The van der Waals surface area contributed by atoms with Gasteiger partial charge >= 0.3 is 0 Å². The number of hydrogen-bond acceptors (Lipinski definition) is 4. The van der Waals surface area contributed by atoms with Gasteiger partial charge < -0.3 is 10.3 Å². The quantitative estimate of drug-likeness (QED) is 0.554. The standard InChI is InChI=1S/C19H20ClFN4O2S.2ClH/c1-24(2)28(26,27)15-9-13(10-23-11-15)18-16-5-3-4-6-17(16)25(19(18)20)12-14(21)7-8-22;;/h3-7,9-11H,8,12,22H2,1-2H3;2*1H/b14-7-;;. The van der Waals surface area contributed by atoms with Crippen LogP contribution in [0.15, 0.2) is 59.5 Å². The molecule has 3 aromatic rings. The number of pyridine rings is 1. The zero-order valence-corrected chi connectivity index (χ0v) is 19.5. The largest absolute Gasteiger partial charge is 0.327 e. The fourth-order valence-corrected chi connectivity index (χ4v) is 4.21. The fraction of sp³-hybridized carbons (Fsp3) is 0.211. The first kappa shape index (κ1) is 26.4. The summed E-state index contributed by atoms with van der Waals surface area (Å²) >= 11 is 6.61. The van der Waals surface area contributed by atoms with E-state index in [1.54, 1.807) is 10.8 Å². The smallest absolute Gasteiger partial charge is 0.244 e. The lowest BCUT2D eigenvalue weighted by atomic mass is 10.1. The average Bonchev–Trinajstić information content (AvgIpc) is 2.94. The molecule has 0 bridgehead atoms. The van der Waals surface area contributed by atoms with Crippen molar-refractivity contribution in [3.05, 3.63) is 59.8 Å². The van der Waals surface area contributed by atoms with Crippen molar-refractivity contribution in [1.29, 1.82) is 0 Å². The number of rotatable bonds is 6. The summed E-state index contributed by atoms with van der Waals surface area (Å²) in [5.74, 6) is -0.404. The maximum Gasteiger partial charge on any atom is 0.244 e. The van der Waals surface area contributed by atoms with Gasteiger partial charge in [0.25, 0.3) is 0 Å². The molecule has 2 heterocycles. The van der Waals surface area contributed by atoms with Crippen LogP contribution < -0.4 is 5.73 Å². The minimum atomic E-state index is -3.66. The molecule has 0 aliphatic carbocycles. The lowest BCUT2D eigenvalue weighted by molar-refractivity contribution is 0.520. The molecule has 0 aliphatic rings.